The van der Waals surface area contributed by atoms with Crippen molar-refractivity contribution in [3.8, 4) is 0 Å². The van der Waals surface area contributed by atoms with Gasteiger partial charge in [-0.1, -0.05) is 30.3 Å². The Balaban J connectivity index is 1.45. The van der Waals surface area contributed by atoms with E-state index in [-0.39, 0.29) is 18.5 Å². The second-order valence-electron chi connectivity index (χ2n) is 6.36. The van der Waals surface area contributed by atoms with E-state index in [0.717, 1.165) is 19.4 Å². The fourth-order valence-electron chi connectivity index (χ4n) is 2.58. The molecule has 0 amide bonds. The lowest BCUT2D eigenvalue weighted by atomic mass is 10.2. The van der Waals surface area contributed by atoms with Gasteiger partial charge >= 0.3 is 0 Å². The van der Waals surface area contributed by atoms with Crippen molar-refractivity contribution < 1.29 is 23.7 Å². The van der Waals surface area contributed by atoms with Crippen molar-refractivity contribution in [1.82, 2.24) is 0 Å². The molecule has 1 unspecified atom stereocenters. The van der Waals surface area contributed by atoms with Gasteiger partial charge < -0.3 is 23.7 Å². The van der Waals surface area contributed by atoms with E-state index in [1.807, 2.05) is 32.0 Å². The third-order valence-electron chi connectivity index (χ3n) is 4.29. The minimum atomic E-state index is -0.0527. The minimum absolute atomic E-state index is 0.0185. The summed E-state index contributed by atoms with van der Waals surface area (Å²) in [5.74, 6) is 0. The first-order valence-electron chi connectivity index (χ1n) is 9.34. The summed E-state index contributed by atoms with van der Waals surface area (Å²) in [5, 5.41) is 0. The van der Waals surface area contributed by atoms with Crippen LogP contribution >= 0.6 is 0 Å². The zero-order chi connectivity index (χ0) is 17.7. The van der Waals surface area contributed by atoms with E-state index >= 15 is 0 Å². The highest BCUT2D eigenvalue weighted by atomic mass is 16.7. The largest absolute Gasteiger partial charge is 0.374 e. The smallest absolute Gasteiger partial charge is 0.157 e. The molecule has 0 spiro atoms. The van der Waals surface area contributed by atoms with E-state index < -0.39 is 0 Å². The summed E-state index contributed by atoms with van der Waals surface area (Å²) in [5.41, 5.74) is 1.18. The summed E-state index contributed by atoms with van der Waals surface area (Å²) in [7, 11) is 0. The molecule has 0 saturated carbocycles. The van der Waals surface area contributed by atoms with Crippen LogP contribution in [0.5, 0.6) is 0 Å². The molecule has 1 aliphatic heterocycles. The number of benzene rings is 1. The maximum atomic E-state index is 5.77. The van der Waals surface area contributed by atoms with Crippen molar-refractivity contribution in [3.63, 3.8) is 0 Å². The highest BCUT2D eigenvalue weighted by Gasteiger charge is 2.15. The molecule has 1 aliphatic rings. The maximum Gasteiger partial charge on any atom is 0.157 e. The van der Waals surface area contributed by atoms with Gasteiger partial charge in [0.05, 0.1) is 45.2 Å². The van der Waals surface area contributed by atoms with Gasteiger partial charge in [-0.05, 0) is 38.7 Å². The Morgan fingerprint density at radius 3 is 2.36 bits per heavy atom. The van der Waals surface area contributed by atoms with Gasteiger partial charge in [-0.25, -0.2) is 0 Å². The topological polar surface area (TPSA) is 46.2 Å². The summed E-state index contributed by atoms with van der Waals surface area (Å²) >= 11 is 0. The van der Waals surface area contributed by atoms with Gasteiger partial charge in [0.25, 0.3) is 0 Å². The summed E-state index contributed by atoms with van der Waals surface area (Å²) in [6.45, 7) is 7.72. The zero-order valence-electron chi connectivity index (χ0n) is 15.5. The number of hydrogen-bond acceptors (Lipinski definition) is 5. The second kappa shape index (κ2) is 12.4. The van der Waals surface area contributed by atoms with Gasteiger partial charge in [-0.3, -0.25) is 0 Å². The van der Waals surface area contributed by atoms with Gasteiger partial charge in [-0.15, -0.1) is 0 Å². The van der Waals surface area contributed by atoms with Crippen LogP contribution < -0.4 is 0 Å². The van der Waals surface area contributed by atoms with E-state index in [1.165, 1.54) is 12.0 Å². The van der Waals surface area contributed by atoms with Gasteiger partial charge in [-0.2, -0.15) is 0 Å². The van der Waals surface area contributed by atoms with Crippen molar-refractivity contribution >= 4 is 0 Å². The number of rotatable bonds is 12. The Labute approximate surface area is 151 Å². The summed E-state index contributed by atoms with van der Waals surface area (Å²) in [4.78, 5) is 0. The predicted molar refractivity (Wildman–Crippen MR) is 96.5 cm³/mol. The quantitative estimate of drug-likeness (QED) is 0.538. The van der Waals surface area contributed by atoms with Crippen LogP contribution in [0.1, 0.15) is 38.7 Å². The lowest BCUT2D eigenvalue weighted by Crippen LogP contribution is -2.30. The third-order valence-corrected chi connectivity index (χ3v) is 4.29. The van der Waals surface area contributed by atoms with Crippen LogP contribution in [0, 0.1) is 0 Å². The fourth-order valence-corrected chi connectivity index (χ4v) is 2.58. The second-order valence-corrected chi connectivity index (χ2v) is 6.36. The molecule has 0 aromatic heterocycles. The van der Waals surface area contributed by atoms with Crippen LogP contribution in [0.15, 0.2) is 30.3 Å². The molecule has 1 fully saturated rings. The molecule has 0 N–H and O–H groups in total. The molecule has 0 bridgehead atoms. The Morgan fingerprint density at radius 1 is 0.960 bits per heavy atom. The maximum absolute atomic E-state index is 5.77. The molecule has 0 radical (unpaired) electrons. The summed E-state index contributed by atoms with van der Waals surface area (Å²) in [6, 6.07) is 10.1. The van der Waals surface area contributed by atoms with Gasteiger partial charge in [0.1, 0.15) is 0 Å². The summed E-state index contributed by atoms with van der Waals surface area (Å²) < 4.78 is 28.3. The van der Waals surface area contributed by atoms with Crippen LogP contribution in [0.2, 0.25) is 0 Å². The molecule has 1 aromatic rings. The van der Waals surface area contributed by atoms with Crippen molar-refractivity contribution in [2.75, 3.05) is 33.0 Å². The van der Waals surface area contributed by atoms with Crippen molar-refractivity contribution in [2.45, 2.75) is 58.2 Å². The predicted octanol–water partition coefficient (Wildman–Crippen LogP) is 3.56. The Kier molecular flexibility index (Phi) is 10.1. The Bertz CT molecular complexity index is 433. The van der Waals surface area contributed by atoms with E-state index in [1.54, 1.807) is 0 Å². The van der Waals surface area contributed by atoms with Gasteiger partial charge in [0.15, 0.2) is 6.29 Å². The fraction of sp³-hybridized carbons (Fsp3) is 0.700. The average Bonchev–Trinajstić information content (AvgIpc) is 2.66. The average molecular weight is 352 g/mol. The van der Waals surface area contributed by atoms with E-state index in [9.17, 15) is 0 Å². The van der Waals surface area contributed by atoms with Crippen LogP contribution in [-0.2, 0) is 30.3 Å². The van der Waals surface area contributed by atoms with Crippen molar-refractivity contribution in [2.24, 2.45) is 0 Å². The molecule has 25 heavy (non-hydrogen) atoms. The zero-order valence-corrected chi connectivity index (χ0v) is 15.5. The lowest BCUT2D eigenvalue weighted by Gasteiger charge is -2.24. The molecule has 142 valence electrons. The Morgan fingerprint density at radius 2 is 1.68 bits per heavy atom. The third kappa shape index (κ3) is 8.79. The first-order valence-corrected chi connectivity index (χ1v) is 9.34. The standard InChI is InChI=1S/C20H32O5/c1-17(22-13-12-21-16-19-8-4-3-5-9-19)18(2)23-14-15-25-20-10-6-7-11-24-20/h3-5,8-9,17-18,20H,6-7,10-16H2,1-2H3/t17-,18-,20?/m1/s1. The molecule has 5 heteroatoms. The molecule has 1 heterocycles. The lowest BCUT2D eigenvalue weighted by molar-refractivity contribution is -0.174. The molecule has 5 nitrogen and oxygen atoms in total. The van der Waals surface area contributed by atoms with E-state index in [2.05, 4.69) is 12.1 Å². The van der Waals surface area contributed by atoms with Gasteiger partial charge in [0.2, 0.25) is 0 Å². The van der Waals surface area contributed by atoms with E-state index in [0.29, 0.717) is 33.0 Å². The summed E-state index contributed by atoms with van der Waals surface area (Å²) in [6.07, 6.45) is 3.29. The minimum Gasteiger partial charge on any atom is -0.374 e. The highest BCUT2D eigenvalue weighted by Crippen LogP contribution is 2.13. The SMILES string of the molecule is C[C@@H](OCCOCc1ccccc1)[C@@H](C)OCCOC1CCCCO1. The molecular weight excluding hydrogens is 320 g/mol. The molecule has 3 atom stereocenters. The molecule has 1 aromatic carbocycles. The first kappa shape index (κ1) is 20.3. The number of ether oxygens (including phenoxy) is 5. The van der Waals surface area contributed by atoms with Crippen LogP contribution in [0.25, 0.3) is 0 Å². The van der Waals surface area contributed by atoms with Crippen LogP contribution in [-0.4, -0.2) is 51.5 Å². The molecule has 1 saturated heterocycles. The van der Waals surface area contributed by atoms with E-state index in [4.69, 9.17) is 23.7 Å². The molecular formula is C20H32O5. The normalized spacial score (nSPS) is 20.3. The van der Waals surface area contributed by atoms with Crippen molar-refractivity contribution in [3.05, 3.63) is 35.9 Å². The van der Waals surface area contributed by atoms with Crippen LogP contribution in [0.4, 0.5) is 0 Å². The Hall–Kier alpha value is -0.980. The van der Waals surface area contributed by atoms with Crippen molar-refractivity contribution in [1.29, 1.82) is 0 Å². The first-order chi connectivity index (χ1) is 12.3. The number of hydrogen-bond donors (Lipinski definition) is 0. The molecule has 0 aliphatic carbocycles. The van der Waals surface area contributed by atoms with Gasteiger partial charge in [0, 0.05) is 6.61 Å². The molecule has 2 rings (SSSR count). The highest BCUT2D eigenvalue weighted by molar-refractivity contribution is 5.13. The monoisotopic (exact) mass is 352 g/mol. The van der Waals surface area contributed by atoms with Crippen LogP contribution in [0.3, 0.4) is 0 Å².